The molecule has 2 amide bonds. The second-order valence-electron chi connectivity index (χ2n) is 5.66. The van der Waals surface area contributed by atoms with Crippen LogP contribution in [0.4, 0.5) is 10.5 Å². The minimum Gasteiger partial charge on any atom is -0.322 e. The van der Waals surface area contributed by atoms with E-state index in [-0.39, 0.29) is 6.03 Å². The van der Waals surface area contributed by atoms with Crippen LogP contribution in [0.1, 0.15) is 0 Å². The number of anilines is 1. The number of nitrogens with one attached hydrogen (secondary N) is 1. The van der Waals surface area contributed by atoms with Crippen LogP contribution in [0.3, 0.4) is 0 Å². The number of hydrogen-bond acceptors (Lipinski definition) is 2. The molecule has 3 rings (SSSR count). The Bertz CT molecular complexity index is 617. The lowest BCUT2D eigenvalue weighted by molar-refractivity contribution is 0.164. The molecular weight excluding hydrogens is 274 g/mol. The topological polar surface area (TPSA) is 35.6 Å². The highest BCUT2D eigenvalue weighted by Gasteiger charge is 2.18. The molecule has 4 nitrogen and oxygen atoms in total. The monoisotopic (exact) mass is 295 g/mol. The molecule has 0 unspecified atom stereocenters. The van der Waals surface area contributed by atoms with Crippen molar-refractivity contribution in [1.29, 1.82) is 0 Å². The van der Waals surface area contributed by atoms with Crippen LogP contribution in [0.25, 0.3) is 11.1 Å². The van der Waals surface area contributed by atoms with Crippen LogP contribution < -0.4 is 5.32 Å². The summed E-state index contributed by atoms with van der Waals surface area (Å²) in [5.41, 5.74) is 3.17. The van der Waals surface area contributed by atoms with Crippen molar-refractivity contribution < 1.29 is 4.79 Å². The van der Waals surface area contributed by atoms with Crippen molar-refractivity contribution in [3.63, 3.8) is 0 Å². The second kappa shape index (κ2) is 6.62. The standard InChI is InChI=1S/C18H21N3O/c1-20-11-13-21(14-12-20)18(22)19-17-9-7-16(8-10-17)15-5-3-2-4-6-15/h2-10H,11-14H2,1H3,(H,19,22). The average molecular weight is 295 g/mol. The first-order valence-electron chi connectivity index (χ1n) is 7.62. The van der Waals surface area contributed by atoms with Gasteiger partial charge in [0.15, 0.2) is 0 Å². The zero-order valence-electron chi connectivity index (χ0n) is 12.8. The van der Waals surface area contributed by atoms with Crippen molar-refractivity contribution in [2.24, 2.45) is 0 Å². The Balaban J connectivity index is 1.62. The third kappa shape index (κ3) is 3.46. The Labute approximate surface area is 131 Å². The average Bonchev–Trinajstić information content (AvgIpc) is 2.57. The summed E-state index contributed by atoms with van der Waals surface area (Å²) in [6, 6.07) is 18.2. The highest BCUT2D eigenvalue weighted by atomic mass is 16.2. The molecule has 1 saturated heterocycles. The summed E-state index contributed by atoms with van der Waals surface area (Å²) in [6.07, 6.45) is 0. The van der Waals surface area contributed by atoms with E-state index in [0.717, 1.165) is 37.4 Å². The number of urea groups is 1. The molecule has 1 aliphatic rings. The first kappa shape index (κ1) is 14.6. The number of likely N-dealkylation sites (N-methyl/N-ethyl adjacent to an activating group) is 1. The van der Waals surface area contributed by atoms with Gasteiger partial charge in [-0.2, -0.15) is 0 Å². The SMILES string of the molecule is CN1CCN(C(=O)Nc2ccc(-c3ccccc3)cc2)CC1. The van der Waals surface area contributed by atoms with E-state index in [9.17, 15) is 4.79 Å². The summed E-state index contributed by atoms with van der Waals surface area (Å²) in [5.74, 6) is 0. The Kier molecular flexibility index (Phi) is 4.39. The molecule has 22 heavy (non-hydrogen) atoms. The van der Waals surface area contributed by atoms with E-state index in [1.165, 1.54) is 5.56 Å². The van der Waals surface area contributed by atoms with Crippen LogP contribution >= 0.6 is 0 Å². The van der Waals surface area contributed by atoms with Crippen LogP contribution in [0.15, 0.2) is 54.6 Å². The lowest BCUT2D eigenvalue weighted by Crippen LogP contribution is -2.48. The molecule has 1 N–H and O–H groups in total. The van der Waals surface area contributed by atoms with Gasteiger partial charge in [-0.3, -0.25) is 0 Å². The molecular formula is C18H21N3O. The number of amides is 2. The molecule has 0 aliphatic carbocycles. The second-order valence-corrected chi connectivity index (χ2v) is 5.66. The van der Waals surface area contributed by atoms with Gasteiger partial charge in [-0.15, -0.1) is 0 Å². The van der Waals surface area contributed by atoms with Crippen molar-refractivity contribution >= 4 is 11.7 Å². The van der Waals surface area contributed by atoms with Crippen molar-refractivity contribution in [2.75, 3.05) is 38.5 Å². The molecule has 0 aromatic heterocycles. The maximum atomic E-state index is 12.2. The van der Waals surface area contributed by atoms with Crippen LogP contribution in [0, 0.1) is 0 Å². The predicted molar refractivity (Wildman–Crippen MR) is 90.0 cm³/mol. The molecule has 0 saturated carbocycles. The summed E-state index contributed by atoms with van der Waals surface area (Å²) >= 11 is 0. The van der Waals surface area contributed by atoms with Gasteiger partial charge in [0.2, 0.25) is 0 Å². The molecule has 4 heteroatoms. The Morgan fingerprint density at radius 1 is 0.864 bits per heavy atom. The van der Waals surface area contributed by atoms with Gasteiger partial charge >= 0.3 is 6.03 Å². The van der Waals surface area contributed by atoms with E-state index in [4.69, 9.17) is 0 Å². The van der Waals surface area contributed by atoms with Gasteiger partial charge < -0.3 is 15.1 Å². The van der Waals surface area contributed by atoms with Crippen molar-refractivity contribution in [2.45, 2.75) is 0 Å². The molecule has 1 fully saturated rings. The molecule has 2 aromatic rings. The molecule has 2 aromatic carbocycles. The zero-order chi connectivity index (χ0) is 15.4. The number of carbonyl (C=O) groups is 1. The Morgan fingerprint density at radius 3 is 2.09 bits per heavy atom. The van der Waals surface area contributed by atoms with E-state index in [0.29, 0.717) is 0 Å². The first-order chi connectivity index (χ1) is 10.7. The van der Waals surface area contributed by atoms with E-state index in [2.05, 4.69) is 29.4 Å². The van der Waals surface area contributed by atoms with Gasteiger partial charge in [-0.1, -0.05) is 42.5 Å². The number of piperazine rings is 1. The van der Waals surface area contributed by atoms with Crippen LogP contribution in [-0.4, -0.2) is 49.1 Å². The third-order valence-corrected chi connectivity index (χ3v) is 4.03. The fraction of sp³-hybridized carbons (Fsp3) is 0.278. The summed E-state index contributed by atoms with van der Waals surface area (Å²) in [6.45, 7) is 3.43. The van der Waals surface area contributed by atoms with Crippen molar-refractivity contribution in [1.82, 2.24) is 9.80 Å². The maximum absolute atomic E-state index is 12.2. The summed E-state index contributed by atoms with van der Waals surface area (Å²) in [4.78, 5) is 16.3. The van der Waals surface area contributed by atoms with E-state index >= 15 is 0 Å². The Hall–Kier alpha value is -2.33. The van der Waals surface area contributed by atoms with Crippen LogP contribution in [0.2, 0.25) is 0 Å². The van der Waals surface area contributed by atoms with Crippen LogP contribution in [0.5, 0.6) is 0 Å². The van der Waals surface area contributed by atoms with Crippen molar-refractivity contribution in [3.05, 3.63) is 54.6 Å². The highest BCUT2D eigenvalue weighted by molar-refractivity contribution is 5.89. The predicted octanol–water partition coefficient (Wildman–Crippen LogP) is 3.13. The fourth-order valence-corrected chi connectivity index (χ4v) is 2.59. The lowest BCUT2D eigenvalue weighted by Gasteiger charge is -2.32. The number of carbonyl (C=O) groups excluding carboxylic acids is 1. The number of benzene rings is 2. The van der Waals surface area contributed by atoms with Crippen LogP contribution in [-0.2, 0) is 0 Å². The van der Waals surface area contributed by atoms with Crippen molar-refractivity contribution in [3.8, 4) is 11.1 Å². The summed E-state index contributed by atoms with van der Waals surface area (Å²) in [5, 5.41) is 2.97. The smallest absolute Gasteiger partial charge is 0.321 e. The molecule has 0 bridgehead atoms. The number of hydrogen-bond donors (Lipinski definition) is 1. The van der Waals surface area contributed by atoms with E-state index in [1.54, 1.807) is 0 Å². The van der Waals surface area contributed by atoms with Gasteiger partial charge in [0, 0.05) is 31.9 Å². The number of nitrogens with zero attached hydrogens (tertiary/aromatic N) is 2. The quantitative estimate of drug-likeness (QED) is 0.924. The molecule has 0 radical (unpaired) electrons. The largest absolute Gasteiger partial charge is 0.322 e. The zero-order valence-corrected chi connectivity index (χ0v) is 12.8. The van der Waals surface area contributed by atoms with Gasteiger partial charge in [-0.05, 0) is 30.3 Å². The maximum Gasteiger partial charge on any atom is 0.321 e. The first-order valence-corrected chi connectivity index (χ1v) is 7.62. The minimum absolute atomic E-state index is 0.0134. The van der Waals surface area contributed by atoms with E-state index in [1.807, 2.05) is 47.4 Å². The lowest BCUT2D eigenvalue weighted by atomic mass is 10.1. The summed E-state index contributed by atoms with van der Waals surface area (Å²) < 4.78 is 0. The molecule has 0 atom stereocenters. The Morgan fingerprint density at radius 2 is 1.45 bits per heavy atom. The molecule has 114 valence electrons. The molecule has 0 spiro atoms. The molecule has 1 aliphatic heterocycles. The minimum atomic E-state index is -0.0134. The highest BCUT2D eigenvalue weighted by Crippen LogP contribution is 2.21. The van der Waals surface area contributed by atoms with Gasteiger partial charge in [-0.25, -0.2) is 4.79 Å². The van der Waals surface area contributed by atoms with E-state index < -0.39 is 0 Å². The van der Waals surface area contributed by atoms with Gasteiger partial charge in [0.25, 0.3) is 0 Å². The fourth-order valence-electron chi connectivity index (χ4n) is 2.59. The number of rotatable bonds is 2. The van der Waals surface area contributed by atoms with Gasteiger partial charge in [0.1, 0.15) is 0 Å². The van der Waals surface area contributed by atoms with Gasteiger partial charge in [0.05, 0.1) is 0 Å². The molecule has 1 heterocycles. The third-order valence-electron chi connectivity index (χ3n) is 4.03. The summed E-state index contributed by atoms with van der Waals surface area (Å²) in [7, 11) is 2.08. The normalized spacial score (nSPS) is 15.6.